The van der Waals surface area contributed by atoms with Crippen LogP contribution in [0.1, 0.15) is 24.8 Å². The molecule has 1 aromatic carbocycles. The highest BCUT2D eigenvalue weighted by Crippen LogP contribution is 2.19. The highest BCUT2D eigenvalue weighted by molar-refractivity contribution is 5.97. The number of primary amides is 1. The van der Waals surface area contributed by atoms with Crippen molar-refractivity contribution in [3.05, 3.63) is 36.0 Å². The van der Waals surface area contributed by atoms with Gasteiger partial charge < -0.3 is 47.7 Å². The van der Waals surface area contributed by atoms with Crippen molar-refractivity contribution < 1.29 is 48.9 Å². The molecular formula is C23H28N6O10. The summed E-state index contributed by atoms with van der Waals surface area (Å²) in [4.78, 5) is 86.2. The number of fused-ring (bicyclic) bond motifs is 1. The largest absolute Gasteiger partial charge is 0.481 e. The van der Waals surface area contributed by atoms with Gasteiger partial charge in [0, 0.05) is 23.5 Å². The molecule has 2 rings (SSSR count). The van der Waals surface area contributed by atoms with Crippen molar-refractivity contribution in [2.24, 2.45) is 11.5 Å². The van der Waals surface area contributed by atoms with Crippen LogP contribution in [0.4, 0.5) is 0 Å². The highest BCUT2D eigenvalue weighted by atomic mass is 16.4. The summed E-state index contributed by atoms with van der Waals surface area (Å²) >= 11 is 0. The van der Waals surface area contributed by atoms with E-state index in [1.807, 2.05) is 10.6 Å². The van der Waals surface area contributed by atoms with Gasteiger partial charge in [0.15, 0.2) is 0 Å². The summed E-state index contributed by atoms with van der Waals surface area (Å²) in [7, 11) is 0. The van der Waals surface area contributed by atoms with Crippen molar-refractivity contribution in [3.63, 3.8) is 0 Å². The van der Waals surface area contributed by atoms with Gasteiger partial charge in [-0.2, -0.15) is 0 Å². The lowest BCUT2D eigenvalue weighted by Crippen LogP contribution is -2.58. The van der Waals surface area contributed by atoms with Gasteiger partial charge in [-0.1, -0.05) is 18.2 Å². The van der Waals surface area contributed by atoms with Gasteiger partial charge >= 0.3 is 17.9 Å². The van der Waals surface area contributed by atoms with E-state index in [0.29, 0.717) is 10.9 Å². The van der Waals surface area contributed by atoms with Gasteiger partial charge in [0.05, 0.1) is 25.3 Å². The molecule has 0 aliphatic heterocycles. The first-order valence-electron chi connectivity index (χ1n) is 11.4. The minimum atomic E-state index is -1.84. The van der Waals surface area contributed by atoms with Crippen LogP contribution in [0.15, 0.2) is 30.5 Å². The molecular weight excluding hydrogens is 520 g/mol. The van der Waals surface area contributed by atoms with Crippen LogP contribution in [0.2, 0.25) is 0 Å². The van der Waals surface area contributed by atoms with Gasteiger partial charge in [-0.25, -0.2) is 4.79 Å². The molecule has 0 saturated heterocycles. The molecule has 210 valence electrons. The molecule has 11 N–H and O–H groups in total. The number of aliphatic carboxylic acids is 3. The summed E-state index contributed by atoms with van der Waals surface area (Å²) < 4.78 is 0. The predicted molar refractivity (Wildman–Crippen MR) is 132 cm³/mol. The van der Waals surface area contributed by atoms with E-state index >= 15 is 0 Å². The van der Waals surface area contributed by atoms with Crippen molar-refractivity contribution >= 4 is 52.4 Å². The Morgan fingerprint density at radius 2 is 1.28 bits per heavy atom. The van der Waals surface area contributed by atoms with E-state index in [4.69, 9.17) is 16.6 Å². The number of hydrogen-bond donors (Lipinski definition) is 9. The molecule has 1 aromatic heterocycles. The first kappa shape index (κ1) is 30.2. The van der Waals surface area contributed by atoms with E-state index in [1.165, 1.54) is 0 Å². The SMILES string of the molecule is NC(=O)CC(N)C(=O)NC(CC(=O)O)C(=O)NC(CC(=O)O)C(=O)NC(Cc1c[nH]c2ccccc12)C(=O)O. The zero-order valence-electron chi connectivity index (χ0n) is 20.4. The van der Waals surface area contributed by atoms with Crippen LogP contribution in [-0.2, 0) is 40.0 Å². The Morgan fingerprint density at radius 3 is 1.79 bits per heavy atom. The van der Waals surface area contributed by atoms with Gasteiger partial charge in [-0.3, -0.25) is 28.8 Å². The summed E-state index contributed by atoms with van der Waals surface area (Å²) in [5, 5.41) is 34.9. The number of aromatic nitrogens is 1. The van der Waals surface area contributed by atoms with Crippen LogP contribution < -0.4 is 27.4 Å². The number of rotatable bonds is 15. The molecule has 0 bridgehead atoms. The number of nitrogens with two attached hydrogens (primary N) is 2. The van der Waals surface area contributed by atoms with E-state index in [1.54, 1.807) is 30.5 Å². The lowest BCUT2D eigenvalue weighted by Gasteiger charge is -2.24. The molecule has 4 atom stereocenters. The number of H-pyrrole nitrogens is 1. The summed E-state index contributed by atoms with van der Waals surface area (Å²) in [5.74, 6) is -8.99. The van der Waals surface area contributed by atoms with Crippen LogP contribution in [0.5, 0.6) is 0 Å². The van der Waals surface area contributed by atoms with Gasteiger partial charge in [-0.15, -0.1) is 0 Å². The van der Waals surface area contributed by atoms with Crippen molar-refractivity contribution in [1.82, 2.24) is 20.9 Å². The van der Waals surface area contributed by atoms with Crippen LogP contribution in [0, 0.1) is 0 Å². The lowest BCUT2D eigenvalue weighted by atomic mass is 10.0. The minimum Gasteiger partial charge on any atom is -0.481 e. The normalized spacial score (nSPS) is 13.9. The number of carboxylic acid groups (broad SMARTS) is 3. The van der Waals surface area contributed by atoms with Crippen molar-refractivity contribution in [2.75, 3.05) is 0 Å². The number of carbonyl (C=O) groups excluding carboxylic acids is 4. The number of para-hydroxylation sites is 1. The number of hydrogen-bond acceptors (Lipinski definition) is 8. The Labute approximate surface area is 220 Å². The average molecular weight is 549 g/mol. The number of carboxylic acids is 3. The molecule has 0 fully saturated rings. The second-order valence-electron chi connectivity index (χ2n) is 8.56. The summed E-state index contributed by atoms with van der Waals surface area (Å²) in [6.07, 6.45) is -1.21. The summed E-state index contributed by atoms with van der Waals surface area (Å²) in [5.41, 5.74) is 11.7. The molecule has 0 aliphatic carbocycles. The van der Waals surface area contributed by atoms with Crippen molar-refractivity contribution in [3.8, 4) is 0 Å². The van der Waals surface area contributed by atoms with E-state index < -0.39 is 85.0 Å². The monoisotopic (exact) mass is 548 g/mol. The van der Waals surface area contributed by atoms with Crippen LogP contribution in [-0.4, -0.2) is 86.0 Å². The Balaban J connectivity index is 2.19. The van der Waals surface area contributed by atoms with Crippen molar-refractivity contribution in [1.29, 1.82) is 0 Å². The van der Waals surface area contributed by atoms with E-state index in [-0.39, 0.29) is 6.42 Å². The second kappa shape index (κ2) is 13.5. The number of carbonyl (C=O) groups is 7. The molecule has 1 heterocycles. The molecule has 4 amide bonds. The van der Waals surface area contributed by atoms with E-state index in [2.05, 4.69) is 10.3 Å². The molecule has 0 aliphatic rings. The summed E-state index contributed by atoms with van der Waals surface area (Å²) in [6.45, 7) is 0. The lowest BCUT2D eigenvalue weighted by molar-refractivity contribution is -0.145. The fourth-order valence-electron chi connectivity index (χ4n) is 3.62. The summed E-state index contributed by atoms with van der Waals surface area (Å²) in [6, 6.07) is 0.312. The third kappa shape index (κ3) is 9.12. The van der Waals surface area contributed by atoms with Crippen LogP contribution in [0.25, 0.3) is 10.9 Å². The Hall–Kier alpha value is -4.99. The Bertz CT molecular complexity index is 1280. The third-order valence-corrected chi connectivity index (χ3v) is 5.49. The molecule has 16 heteroatoms. The number of nitrogens with one attached hydrogen (secondary N) is 4. The standard InChI is InChI=1S/C23H28N6O10/c24-12(6-17(25)30)20(35)27-14(7-18(31)32)21(36)28-15(8-19(33)34)22(37)29-16(23(38)39)5-10-9-26-13-4-2-1-3-11(10)13/h1-4,9,12,14-16,26H,5-8,24H2,(H2,25,30)(H,27,35)(H,28,36)(H,29,37)(H,31,32)(H,33,34)(H,38,39). The maximum Gasteiger partial charge on any atom is 0.326 e. The van der Waals surface area contributed by atoms with Crippen molar-refractivity contribution in [2.45, 2.75) is 49.9 Å². The number of benzene rings is 1. The van der Waals surface area contributed by atoms with Gasteiger partial charge in [0.25, 0.3) is 0 Å². The fraction of sp³-hybridized carbons (Fsp3) is 0.348. The Kier molecular flexibility index (Phi) is 10.5. The van der Waals surface area contributed by atoms with E-state index in [0.717, 1.165) is 5.52 Å². The van der Waals surface area contributed by atoms with Gasteiger partial charge in [0.2, 0.25) is 23.6 Å². The quantitative estimate of drug-likeness (QED) is 0.111. The molecule has 16 nitrogen and oxygen atoms in total. The molecule has 4 unspecified atom stereocenters. The highest BCUT2D eigenvalue weighted by Gasteiger charge is 2.33. The molecule has 0 radical (unpaired) electrons. The minimum absolute atomic E-state index is 0.186. The van der Waals surface area contributed by atoms with Gasteiger partial charge in [-0.05, 0) is 11.6 Å². The smallest absolute Gasteiger partial charge is 0.326 e. The number of amides is 4. The first-order chi connectivity index (χ1) is 18.3. The number of aromatic amines is 1. The average Bonchev–Trinajstić information content (AvgIpc) is 3.24. The maximum absolute atomic E-state index is 12.9. The zero-order valence-corrected chi connectivity index (χ0v) is 20.4. The predicted octanol–water partition coefficient (Wildman–Crippen LogP) is -2.60. The topological polar surface area (TPSA) is 284 Å². The van der Waals surface area contributed by atoms with Crippen LogP contribution >= 0.6 is 0 Å². The third-order valence-electron chi connectivity index (χ3n) is 5.49. The zero-order chi connectivity index (χ0) is 29.3. The molecule has 39 heavy (non-hydrogen) atoms. The Morgan fingerprint density at radius 1 is 0.769 bits per heavy atom. The molecule has 0 spiro atoms. The molecule has 2 aromatic rings. The van der Waals surface area contributed by atoms with Crippen LogP contribution in [0.3, 0.4) is 0 Å². The van der Waals surface area contributed by atoms with Gasteiger partial charge in [0.1, 0.15) is 18.1 Å². The maximum atomic E-state index is 12.9. The van der Waals surface area contributed by atoms with E-state index in [9.17, 15) is 43.8 Å². The molecule has 0 saturated carbocycles. The first-order valence-corrected chi connectivity index (χ1v) is 11.4. The second-order valence-corrected chi connectivity index (χ2v) is 8.56. The fourth-order valence-corrected chi connectivity index (χ4v) is 3.62.